The smallest absolute Gasteiger partial charge is 0.277 e. The Bertz CT molecular complexity index is 1380. The van der Waals surface area contributed by atoms with Crippen LogP contribution in [-0.4, -0.2) is 33.5 Å². The van der Waals surface area contributed by atoms with Crippen molar-refractivity contribution in [1.82, 2.24) is 19.9 Å². The average Bonchev–Trinajstić information content (AvgIpc) is 3.20. The molecule has 1 aliphatic carbocycles. The first-order chi connectivity index (χ1) is 16.1. The standard InChI is InChI=1S/C26H29N5O2/c1-17-6-9-22-21(14-17)24-25(30-22)26(33)31(16-29-24)13-10-23(32)28-12-11-27-20-8-7-18-4-2-3-5-19(18)15-20/h6-9,14-16,27,30H,2-5,10-13H2,1H3,(H,28,32). The van der Waals surface area contributed by atoms with Crippen molar-refractivity contribution in [3.8, 4) is 0 Å². The molecular formula is C26H29N5O2. The van der Waals surface area contributed by atoms with Gasteiger partial charge in [-0.25, -0.2) is 4.98 Å². The molecule has 0 spiro atoms. The van der Waals surface area contributed by atoms with Gasteiger partial charge in [-0.1, -0.05) is 17.7 Å². The SMILES string of the molecule is Cc1ccc2[nH]c3c(=O)n(CCC(=O)NCCNc4ccc5c(c4)CCCC5)cnc3c2c1. The second-order valence-electron chi connectivity index (χ2n) is 8.86. The minimum Gasteiger partial charge on any atom is -0.383 e. The molecule has 1 aliphatic rings. The summed E-state index contributed by atoms with van der Waals surface area (Å²) in [6, 6.07) is 12.6. The van der Waals surface area contributed by atoms with Gasteiger partial charge in [-0.2, -0.15) is 0 Å². The Morgan fingerprint density at radius 2 is 1.94 bits per heavy atom. The summed E-state index contributed by atoms with van der Waals surface area (Å²) in [5, 5.41) is 7.25. The minimum atomic E-state index is -0.157. The maximum Gasteiger partial charge on any atom is 0.277 e. The van der Waals surface area contributed by atoms with E-state index in [-0.39, 0.29) is 17.9 Å². The van der Waals surface area contributed by atoms with Gasteiger partial charge >= 0.3 is 0 Å². The lowest BCUT2D eigenvalue weighted by molar-refractivity contribution is -0.121. The van der Waals surface area contributed by atoms with Crippen LogP contribution in [0.15, 0.2) is 47.5 Å². The number of aromatic amines is 1. The Labute approximate surface area is 192 Å². The highest BCUT2D eigenvalue weighted by molar-refractivity contribution is 6.04. The molecule has 2 aromatic carbocycles. The average molecular weight is 444 g/mol. The zero-order chi connectivity index (χ0) is 22.8. The second kappa shape index (κ2) is 9.10. The van der Waals surface area contributed by atoms with Gasteiger partial charge in [0.2, 0.25) is 5.91 Å². The maximum absolute atomic E-state index is 12.9. The van der Waals surface area contributed by atoms with Gasteiger partial charge in [-0.15, -0.1) is 0 Å². The summed E-state index contributed by atoms with van der Waals surface area (Å²) in [5.41, 5.74) is 7.01. The van der Waals surface area contributed by atoms with Gasteiger partial charge in [0.25, 0.3) is 5.56 Å². The van der Waals surface area contributed by atoms with Crippen LogP contribution in [-0.2, 0) is 24.2 Å². The highest BCUT2D eigenvalue weighted by Gasteiger charge is 2.12. The Kier molecular flexibility index (Phi) is 5.86. The van der Waals surface area contributed by atoms with E-state index in [1.165, 1.54) is 41.3 Å². The molecule has 4 aromatic rings. The normalized spacial score (nSPS) is 13.2. The predicted octanol–water partition coefficient (Wildman–Crippen LogP) is 3.68. The van der Waals surface area contributed by atoms with Crippen molar-refractivity contribution in [3.63, 3.8) is 0 Å². The van der Waals surface area contributed by atoms with Crippen LogP contribution < -0.4 is 16.2 Å². The van der Waals surface area contributed by atoms with Crippen molar-refractivity contribution in [2.45, 2.75) is 45.6 Å². The van der Waals surface area contributed by atoms with Crippen LogP contribution in [0.5, 0.6) is 0 Å². The lowest BCUT2D eigenvalue weighted by Gasteiger charge is -2.17. The Morgan fingerprint density at radius 3 is 2.82 bits per heavy atom. The van der Waals surface area contributed by atoms with Crippen molar-refractivity contribution in [2.24, 2.45) is 0 Å². The Morgan fingerprint density at radius 1 is 1.09 bits per heavy atom. The number of nitrogens with one attached hydrogen (secondary N) is 3. The third-order valence-corrected chi connectivity index (χ3v) is 6.43. The van der Waals surface area contributed by atoms with Crippen LogP contribution in [0, 0.1) is 6.92 Å². The number of carbonyl (C=O) groups is 1. The molecule has 0 aliphatic heterocycles. The van der Waals surface area contributed by atoms with Crippen LogP contribution in [0.25, 0.3) is 21.9 Å². The lowest BCUT2D eigenvalue weighted by atomic mass is 9.91. The van der Waals surface area contributed by atoms with Gasteiger partial charge in [0.1, 0.15) is 11.0 Å². The van der Waals surface area contributed by atoms with Gasteiger partial charge in [0.05, 0.1) is 6.33 Å². The van der Waals surface area contributed by atoms with Gasteiger partial charge < -0.3 is 15.6 Å². The minimum absolute atomic E-state index is 0.0819. The summed E-state index contributed by atoms with van der Waals surface area (Å²) in [6.45, 7) is 3.50. The van der Waals surface area contributed by atoms with E-state index in [4.69, 9.17) is 0 Å². The topological polar surface area (TPSA) is 91.8 Å². The molecule has 7 heteroatoms. The highest BCUT2D eigenvalue weighted by Crippen LogP contribution is 2.24. The number of rotatable bonds is 7. The van der Waals surface area contributed by atoms with E-state index in [1.54, 1.807) is 0 Å². The van der Waals surface area contributed by atoms with Crippen molar-refractivity contribution >= 4 is 33.5 Å². The largest absolute Gasteiger partial charge is 0.383 e. The molecule has 0 saturated carbocycles. The number of nitrogens with zero attached hydrogens (tertiary/aromatic N) is 2. The van der Waals surface area contributed by atoms with Crippen LogP contribution >= 0.6 is 0 Å². The van der Waals surface area contributed by atoms with Crippen LogP contribution in [0.1, 0.15) is 36.0 Å². The number of H-pyrrole nitrogens is 1. The number of hydrogen-bond acceptors (Lipinski definition) is 4. The molecular weight excluding hydrogens is 414 g/mol. The molecule has 2 heterocycles. The fourth-order valence-electron chi connectivity index (χ4n) is 4.63. The number of aromatic nitrogens is 3. The van der Waals surface area contributed by atoms with E-state index in [1.807, 2.05) is 25.1 Å². The first-order valence-electron chi connectivity index (χ1n) is 11.7. The number of amides is 1. The van der Waals surface area contributed by atoms with Crippen molar-refractivity contribution < 1.29 is 4.79 Å². The van der Waals surface area contributed by atoms with E-state index in [2.05, 4.69) is 38.8 Å². The predicted molar refractivity (Wildman–Crippen MR) is 132 cm³/mol. The molecule has 3 N–H and O–H groups in total. The maximum atomic E-state index is 12.9. The summed E-state index contributed by atoms with van der Waals surface area (Å²) < 4.78 is 1.50. The molecule has 170 valence electrons. The van der Waals surface area contributed by atoms with Crippen LogP contribution in [0.4, 0.5) is 5.69 Å². The molecule has 0 bridgehead atoms. The van der Waals surface area contributed by atoms with E-state index >= 15 is 0 Å². The number of carbonyl (C=O) groups excluding carboxylic acids is 1. The van der Waals surface area contributed by atoms with Gasteiger partial charge in [0.15, 0.2) is 0 Å². The summed E-state index contributed by atoms with van der Waals surface area (Å²) in [4.78, 5) is 32.8. The van der Waals surface area contributed by atoms with Gasteiger partial charge in [-0.05, 0) is 68.0 Å². The first kappa shape index (κ1) is 21.2. The fourth-order valence-corrected chi connectivity index (χ4v) is 4.63. The number of fused-ring (bicyclic) bond motifs is 4. The lowest BCUT2D eigenvalue weighted by Crippen LogP contribution is -2.31. The molecule has 0 unspecified atom stereocenters. The Balaban J connectivity index is 1.14. The number of benzene rings is 2. The summed E-state index contributed by atoms with van der Waals surface area (Å²) in [7, 11) is 0. The molecule has 1 amide bonds. The first-order valence-corrected chi connectivity index (χ1v) is 11.7. The third kappa shape index (κ3) is 4.49. The van der Waals surface area contributed by atoms with E-state index in [0.29, 0.717) is 30.7 Å². The molecule has 33 heavy (non-hydrogen) atoms. The van der Waals surface area contributed by atoms with Crippen molar-refractivity contribution in [2.75, 3.05) is 18.4 Å². The zero-order valence-electron chi connectivity index (χ0n) is 18.9. The highest BCUT2D eigenvalue weighted by atomic mass is 16.2. The number of aryl methyl sites for hydroxylation is 4. The Hall–Kier alpha value is -3.61. The fraction of sp³-hybridized carbons (Fsp3) is 0.346. The second-order valence-corrected chi connectivity index (χ2v) is 8.86. The molecule has 5 rings (SSSR count). The quantitative estimate of drug-likeness (QED) is 0.380. The van der Waals surface area contributed by atoms with E-state index < -0.39 is 0 Å². The van der Waals surface area contributed by atoms with Crippen molar-refractivity contribution in [3.05, 3.63) is 69.8 Å². The van der Waals surface area contributed by atoms with Gasteiger partial charge in [0, 0.05) is 42.6 Å². The van der Waals surface area contributed by atoms with Crippen LogP contribution in [0.3, 0.4) is 0 Å². The van der Waals surface area contributed by atoms with Gasteiger partial charge in [-0.3, -0.25) is 14.2 Å². The van der Waals surface area contributed by atoms with E-state index in [9.17, 15) is 9.59 Å². The molecule has 0 radical (unpaired) electrons. The summed E-state index contributed by atoms with van der Waals surface area (Å²) in [5.74, 6) is -0.0819. The van der Waals surface area contributed by atoms with Crippen LogP contribution in [0.2, 0.25) is 0 Å². The molecule has 2 aromatic heterocycles. The zero-order valence-corrected chi connectivity index (χ0v) is 18.9. The molecule has 0 atom stereocenters. The molecule has 7 nitrogen and oxygen atoms in total. The monoisotopic (exact) mass is 443 g/mol. The summed E-state index contributed by atoms with van der Waals surface area (Å²) >= 11 is 0. The van der Waals surface area contributed by atoms with E-state index in [0.717, 1.165) is 28.6 Å². The van der Waals surface area contributed by atoms with Crippen molar-refractivity contribution in [1.29, 1.82) is 0 Å². The molecule has 0 saturated heterocycles. The third-order valence-electron chi connectivity index (χ3n) is 6.43. The number of hydrogen-bond donors (Lipinski definition) is 3. The number of anilines is 1. The summed E-state index contributed by atoms with van der Waals surface area (Å²) in [6.07, 6.45) is 6.63. The molecule has 0 fully saturated rings.